The Morgan fingerprint density at radius 1 is 1.37 bits per heavy atom. The zero-order chi connectivity index (χ0) is 13.8. The molecule has 0 amide bonds. The molecule has 4 nitrogen and oxygen atoms in total. The van der Waals surface area contributed by atoms with E-state index in [2.05, 4.69) is 39.2 Å². The minimum Gasteiger partial charge on any atom is -0.293 e. The van der Waals surface area contributed by atoms with Crippen LogP contribution in [-0.4, -0.2) is 33.2 Å². The summed E-state index contributed by atoms with van der Waals surface area (Å²) in [6, 6.07) is 0.305. The molecular formula is C13H18N4S2. The van der Waals surface area contributed by atoms with Crippen LogP contribution in [0.3, 0.4) is 0 Å². The van der Waals surface area contributed by atoms with Crippen LogP contribution >= 0.6 is 23.1 Å². The van der Waals surface area contributed by atoms with Gasteiger partial charge in [-0.2, -0.15) is 0 Å². The first kappa shape index (κ1) is 14.4. The van der Waals surface area contributed by atoms with Gasteiger partial charge in [0.25, 0.3) is 0 Å². The average molecular weight is 294 g/mol. The molecule has 2 heterocycles. The molecule has 2 aromatic rings. The van der Waals surface area contributed by atoms with Crippen LogP contribution < -0.4 is 0 Å². The van der Waals surface area contributed by atoms with Gasteiger partial charge in [0.05, 0.1) is 6.04 Å². The molecule has 19 heavy (non-hydrogen) atoms. The molecule has 0 aliphatic carbocycles. The number of rotatable bonds is 5. The molecule has 0 aliphatic rings. The first-order valence-corrected chi connectivity index (χ1v) is 8.17. The second-order valence-electron chi connectivity index (χ2n) is 4.50. The zero-order valence-electron chi connectivity index (χ0n) is 11.6. The third-order valence-corrected chi connectivity index (χ3v) is 4.66. The van der Waals surface area contributed by atoms with E-state index < -0.39 is 0 Å². The van der Waals surface area contributed by atoms with Crippen molar-refractivity contribution < 1.29 is 0 Å². The Hall–Kier alpha value is -0.980. The fourth-order valence-electron chi connectivity index (χ4n) is 1.71. The predicted molar refractivity (Wildman–Crippen MR) is 80.5 cm³/mol. The number of aryl methyl sites for hydroxylation is 1. The quantitative estimate of drug-likeness (QED) is 0.626. The maximum atomic E-state index is 4.54. The fraction of sp³-hybridized carbons (Fsp3) is 0.462. The Balaban J connectivity index is 2.01. The summed E-state index contributed by atoms with van der Waals surface area (Å²) in [5.41, 5.74) is 2.22. The lowest BCUT2D eigenvalue weighted by atomic mass is 10.2. The van der Waals surface area contributed by atoms with Crippen LogP contribution in [0.5, 0.6) is 0 Å². The van der Waals surface area contributed by atoms with Crippen molar-refractivity contribution in [1.29, 1.82) is 0 Å². The zero-order valence-corrected chi connectivity index (χ0v) is 13.3. The van der Waals surface area contributed by atoms with Gasteiger partial charge in [0.2, 0.25) is 0 Å². The van der Waals surface area contributed by atoms with Crippen LogP contribution in [0.15, 0.2) is 22.9 Å². The van der Waals surface area contributed by atoms with Gasteiger partial charge in [-0.3, -0.25) is 4.90 Å². The van der Waals surface area contributed by atoms with E-state index in [0.29, 0.717) is 6.04 Å². The Bertz CT molecular complexity index is 524. The van der Waals surface area contributed by atoms with Crippen molar-refractivity contribution in [3.63, 3.8) is 0 Å². The monoisotopic (exact) mass is 294 g/mol. The fourth-order valence-corrected chi connectivity index (χ4v) is 2.94. The summed E-state index contributed by atoms with van der Waals surface area (Å²) in [4.78, 5) is 15.4. The molecule has 0 bridgehead atoms. The molecule has 0 aliphatic heterocycles. The Kier molecular flexibility index (Phi) is 4.90. The molecule has 0 unspecified atom stereocenters. The van der Waals surface area contributed by atoms with Crippen LogP contribution in [0.1, 0.15) is 29.2 Å². The Labute approximate surface area is 122 Å². The highest BCUT2D eigenvalue weighted by Gasteiger charge is 2.15. The van der Waals surface area contributed by atoms with Gasteiger partial charge in [-0.25, -0.2) is 15.0 Å². The lowest BCUT2D eigenvalue weighted by Gasteiger charge is -2.22. The van der Waals surface area contributed by atoms with Gasteiger partial charge in [0.1, 0.15) is 5.01 Å². The average Bonchev–Trinajstić information content (AvgIpc) is 2.85. The highest BCUT2D eigenvalue weighted by molar-refractivity contribution is 7.98. The van der Waals surface area contributed by atoms with E-state index in [9.17, 15) is 0 Å². The maximum Gasteiger partial charge on any atom is 0.187 e. The van der Waals surface area contributed by atoms with E-state index >= 15 is 0 Å². The summed E-state index contributed by atoms with van der Waals surface area (Å²) in [6.45, 7) is 5.03. The van der Waals surface area contributed by atoms with E-state index in [4.69, 9.17) is 0 Å². The van der Waals surface area contributed by atoms with Crippen molar-refractivity contribution in [2.45, 2.75) is 31.6 Å². The standard InChI is InChI=1S/C13H18N4S2/c1-9-8-19-12(16-9)10(2)17(3)7-11-5-14-13(18-4)15-6-11/h5-6,8,10H,7H2,1-4H3/t10-/m1/s1. The molecule has 0 radical (unpaired) electrons. The van der Waals surface area contributed by atoms with Crippen molar-refractivity contribution in [3.8, 4) is 0 Å². The Morgan fingerprint density at radius 3 is 2.58 bits per heavy atom. The highest BCUT2D eigenvalue weighted by Crippen LogP contribution is 2.23. The van der Waals surface area contributed by atoms with Crippen LogP contribution in [0.25, 0.3) is 0 Å². The lowest BCUT2D eigenvalue weighted by molar-refractivity contribution is 0.251. The normalized spacial score (nSPS) is 12.9. The van der Waals surface area contributed by atoms with Crippen molar-refractivity contribution >= 4 is 23.1 Å². The SMILES string of the molecule is CSc1ncc(CN(C)[C@H](C)c2nc(C)cs2)cn1. The molecule has 0 aromatic carbocycles. The number of hydrogen-bond acceptors (Lipinski definition) is 6. The van der Waals surface area contributed by atoms with Crippen LogP contribution in [0.4, 0.5) is 0 Å². The summed E-state index contributed by atoms with van der Waals surface area (Å²) in [6.07, 6.45) is 5.78. The third kappa shape index (κ3) is 3.75. The molecule has 2 rings (SSSR count). The van der Waals surface area contributed by atoms with Gasteiger partial charge >= 0.3 is 0 Å². The van der Waals surface area contributed by atoms with Crippen LogP contribution in [-0.2, 0) is 6.54 Å². The van der Waals surface area contributed by atoms with E-state index in [1.54, 1.807) is 23.1 Å². The Morgan fingerprint density at radius 2 is 2.05 bits per heavy atom. The van der Waals surface area contributed by atoms with Gasteiger partial charge < -0.3 is 0 Å². The van der Waals surface area contributed by atoms with Crippen LogP contribution in [0.2, 0.25) is 0 Å². The first-order chi connectivity index (χ1) is 9.10. The minimum absolute atomic E-state index is 0.305. The topological polar surface area (TPSA) is 41.9 Å². The van der Waals surface area contributed by atoms with Crippen molar-refractivity contribution in [3.05, 3.63) is 34.0 Å². The molecule has 1 atom stereocenters. The lowest BCUT2D eigenvalue weighted by Crippen LogP contribution is -2.22. The van der Waals surface area contributed by atoms with E-state index in [1.807, 2.05) is 25.6 Å². The molecule has 6 heteroatoms. The number of thiazole rings is 1. The van der Waals surface area contributed by atoms with Gasteiger partial charge in [0, 0.05) is 35.6 Å². The van der Waals surface area contributed by atoms with E-state index in [-0.39, 0.29) is 0 Å². The summed E-state index contributed by atoms with van der Waals surface area (Å²) < 4.78 is 0. The molecule has 102 valence electrons. The molecule has 0 fully saturated rings. The number of thioether (sulfide) groups is 1. The van der Waals surface area contributed by atoms with Crippen molar-refractivity contribution in [2.24, 2.45) is 0 Å². The molecule has 0 saturated heterocycles. The summed E-state index contributed by atoms with van der Waals surface area (Å²) >= 11 is 3.27. The van der Waals surface area contributed by atoms with Gasteiger partial charge in [-0.15, -0.1) is 11.3 Å². The van der Waals surface area contributed by atoms with Crippen LogP contribution in [0, 0.1) is 6.92 Å². The first-order valence-electron chi connectivity index (χ1n) is 6.07. The van der Waals surface area contributed by atoms with Crippen molar-refractivity contribution in [1.82, 2.24) is 19.9 Å². The number of aromatic nitrogens is 3. The van der Waals surface area contributed by atoms with Crippen molar-refractivity contribution in [2.75, 3.05) is 13.3 Å². The highest BCUT2D eigenvalue weighted by atomic mass is 32.2. The second-order valence-corrected chi connectivity index (χ2v) is 6.16. The van der Waals surface area contributed by atoms with Gasteiger partial charge in [0.15, 0.2) is 5.16 Å². The smallest absolute Gasteiger partial charge is 0.187 e. The number of nitrogens with zero attached hydrogens (tertiary/aromatic N) is 4. The second kappa shape index (κ2) is 6.45. The molecule has 2 aromatic heterocycles. The molecule has 0 saturated carbocycles. The summed E-state index contributed by atoms with van der Waals surface area (Å²) in [5.74, 6) is 0. The van der Waals surface area contributed by atoms with Gasteiger partial charge in [-0.1, -0.05) is 11.8 Å². The minimum atomic E-state index is 0.305. The van der Waals surface area contributed by atoms with E-state index in [1.165, 1.54) is 0 Å². The molecule has 0 spiro atoms. The molecule has 0 N–H and O–H groups in total. The third-order valence-electron chi connectivity index (χ3n) is 2.95. The van der Waals surface area contributed by atoms with Gasteiger partial charge in [-0.05, 0) is 27.2 Å². The summed E-state index contributed by atoms with van der Waals surface area (Å²) in [7, 11) is 2.10. The molecular weight excluding hydrogens is 276 g/mol. The largest absolute Gasteiger partial charge is 0.293 e. The summed E-state index contributed by atoms with van der Waals surface area (Å²) in [5, 5.41) is 4.06. The predicted octanol–water partition coefficient (Wildman–Crippen LogP) is 3.16. The van der Waals surface area contributed by atoms with E-state index in [0.717, 1.165) is 28.0 Å². The number of hydrogen-bond donors (Lipinski definition) is 0. The maximum absolute atomic E-state index is 4.54.